The fourth-order valence-electron chi connectivity index (χ4n) is 2.79. The molecule has 0 radical (unpaired) electrons. The number of nitrogens with zero attached hydrogens (tertiary/aromatic N) is 2. The molecule has 1 N–H and O–H groups in total. The van der Waals surface area contributed by atoms with Gasteiger partial charge >= 0.3 is 0 Å². The smallest absolute Gasteiger partial charge is 0.264 e. The molecule has 0 fully saturated rings. The molecule has 0 unspecified atom stereocenters. The van der Waals surface area contributed by atoms with E-state index in [1.54, 1.807) is 66.7 Å². The number of anilines is 1. The number of rotatable bonds is 8. The fraction of sp³-hybridized carbons (Fsp3) is 0.0909. The van der Waals surface area contributed by atoms with Crippen molar-refractivity contribution in [2.75, 3.05) is 18.0 Å². The van der Waals surface area contributed by atoms with Crippen LogP contribution in [0.1, 0.15) is 5.56 Å². The van der Waals surface area contributed by atoms with Crippen LogP contribution in [0.3, 0.4) is 0 Å². The van der Waals surface area contributed by atoms with E-state index >= 15 is 0 Å². The number of carbonyl (C=O) groups is 1. The first-order chi connectivity index (χ1) is 14.9. The summed E-state index contributed by atoms with van der Waals surface area (Å²) in [6.45, 7) is -0.496. The predicted octanol–water partition coefficient (Wildman–Crippen LogP) is 3.69. The van der Waals surface area contributed by atoms with Gasteiger partial charge in [0.25, 0.3) is 15.9 Å². The molecule has 0 bridgehead atoms. The van der Waals surface area contributed by atoms with Crippen molar-refractivity contribution in [1.82, 2.24) is 5.43 Å². The van der Waals surface area contributed by atoms with Gasteiger partial charge in [-0.2, -0.15) is 5.10 Å². The SMILES string of the molecule is COc1ccccc1N(CC(=O)N/N=C\c1cccc(Cl)c1)S(=O)(=O)c1ccccc1. The highest BCUT2D eigenvalue weighted by Crippen LogP contribution is 2.31. The van der Waals surface area contributed by atoms with Gasteiger partial charge in [-0.05, 0) is 42.0 Å². The molecule has 0 saturated heterocycles. The molecule has 7 nitrogen and oxygen atoms in total. The predicted molar refractivity (Wildman–Crippen MR) is 121 cm³/mol. The van der Waals surface area contributed by atoms with Gasteiger partial charge in [-0.15, -0.1) is 0 Å². The van der Waals surface area contributed by atoms with Crippen LogP contribution in [0.2, 0.25) is 5.02 Å². The molecule has 0 heterocycles. The van der Waals surface area contributed by atoms with Crippen LogP contribution in [-0.2, 0) is 14.8 Å². The average Bonchev–Trinajstić information content (AvgIpc) is 2.78. The maximum atomic E-state index is 13.3. The summed E-state index contributed by atoms with van der Waals surface area (Å²) in [6, 6.07) is 21.4. The Bertz CT molecular complexity index is 1180. The molecule has 0 aromatic heterocycles. The molecular weight excluding hydrogens is 438 g/mol. The molecular formula is C22H20ClN3O4S. The summed E-state index contributed by atoms with van der Waals surface area (Å²) in [5.41, 5.74) is 3.28. The lowest BCUT2D eigenvalue weighted by Crippen LogP contribution is -2.39. The van der Waals surface area contributed by atoms with Crippen LogP contribution in [0, 0.1) is 0 Å². The topological polar surface area (TPSA) is 88.1 Å². The monoisotopic (exact) mass is 457 g/mol. The number of hydrogen-bond donors (Lipinski definition) is 1. The molecule has 0 saturated carbocycles. The number of sulfonamides is 1. The number of para-hydroxylation sites is 2. The van der Waals surface area contributed by atoms with E-state index in [-0.39, 0.29) is 10.6 Å². The first-order valence-electron chi connectivity index (χ1n) is 9.20. The minimum Gasteiger partial charge on any atom is -0.495 e. The van der Waals surface area contributed by atoms with Gasteiger partial charge in [-0.25, -0.2) is 13.8 Å². The van der Waals surface area contributed by atoms with Gasteiger partial charge in [0.1, 0.15) is 12.3 Å². The zero-order chi connectivity index (χ0) is 22.3. The lowest BCUT2D eigenvalue weighted by molar-refractivity contribution is -0.119. The van der Waals surface area contributed by atoms with Crippen molar-refractivity contribution in [3.8, 4) is 5.75 Å². The first kappa shape index (κ1) is 22.3. The van der Waals surface area contributed by atoms with Crippen molar-refractivity contribution in [1.29, 1.82) is 0 Å². The van der Waals surface area contributed by atoms with Gasteiger partial charge < -0.3 is 4.74 Å². The quantitative estimate of drug-likeness (QED) is 0.412. The number of hydrazone groups is 1. The van der Waals surface area contributed by atoms with Gasteiger partial charge in [-0.3, -0.25) is 9.10 Å². The van der Waals surface area contributed by atoms with E-state index in [1.807, 2.05) is 0 Å². The number of benzene rings is 3. The summed E-state index contributed by atoms with van der Waals surface area (Å²) >= 11 is 5.93. The van der Waals surface area contributed by atoms with Gasteiger partial charge in [0.05, 0.1) is 23.9 Å². The standard InChI is InChI=1S/C22H20ClN3O4S/c1-30-21-13-6-5-12-20(21)26(31(28,29)19-10-3-2-4-11-19)16-22(27)25-24-15-17-8-7-9-18(23)14-17/h2-15H,16H2,1H3,(H,25,27)/b24-15-. The van der Waals surface area contributed by atoms with E-state index < -0.39 is 22.5 Å². The summed E-state index contributed by atoms with van der Waals surface area (Å²) < 4.78 is 32.9. The molecule has 160 valence electrons. The zero-order valence-electron chi connectivity index (χ0n) is 16.6. The second-order valence-electron chi connectivity index (χ2n) is 6.34. The number of halogens is 1. The molecule has 0 aliphatic heterocycles. The summed E-state index contributed by atoms with van der Waals surface area (Å²) in [7, 11) is -2.61. The Morgan fingerprint density at radius 1 is 1.06 bits per heavy atom. The molecule has 3 aromatic carbocycles. The maximum Gasteiger partial charge on any atom is 0.264 e. The Morgan fingerprint density at radius 2 is 1.77 bits per heavy atom. The minimum absolute atomic E-state index is 0.0520. The summed E-state index contributed by atoms with van der Waals surface area (Å²) in [4.78, 5) is 12.6. The largest absolute Gasteiger partial charge is 0.495 e. The van der Waals surface area contributed by atoms with Gasteiger partial charge in [0, 0.05) is 5.02 Å². The van der Waals surface area contributed by atoms with Crippen LogP contribution in [0.4, 0.5) is 5.69 Å². The highest BCUT2D eigenvalue weighted by atomic mass is 35.5. The fourth-order valence-corrected chi connectivity index (χ4v) is 4.44. The summed E-state index contributed by atoms with van der Waals surface area (Å²) in [5, 5.41) is 4.42. The van der Waals surface area contributed by atoms with Crippen LogP contribution < -0.4 is 14.5 Å². The lowest BCUT2D eigenvalue weighted by Gasteiger charge is -2.25. The first-order valence-corrected chi connectivity index (χ1v) is 11.0. The Balaban J connectivity index is 1.87. The van der Waals surface area contributed by atoms with Gasteiger partial charge in [-0.1, -0.05) is 54.1 Å². The van der Waals surface area contributed by atoms with Crippen molar-refractivity contribution >= 4 is 39.4 Å². The van der Waals surface area contributed by atoms with Crippen molar-refractivity contribution < 1.29 is 17.9 Å². The van der Waals surface area contributed by atoms with Crippen molar-refractivity contribution in [3.63, 3.8) is 0 Å². The second-order valence-corrected chi connectivity index (χ2v) is 8.64. The Morgan fingerprint density at radius 3 is 2.48 bits per heavy atom. The minimum atomic E-state index is -4.04. The number of carbonyl (C=O) groups excluding carboxylic acids is 1. The molecule has 3 aromatic rings. The normalized spacial score (nSPS) is 11.3. The molecule has 0 aliphatic rings. The Labute approximate surface area is 186 Å². The van der Waals surface area contributed by atoms with Crippen LogP contribution in [-0.4, -0.2) is 34.2 Å². The molecule has 0 atom stereocenters. The number of hydrogen-bond acceptors (Lipinski definition) is 5. The maximum absolute atomic E-state index is 13.3. The number of amides is 1. The van der Waals surface area contributed by atoms with Crippen LogP contribution in [0.5, 0.6) is 5.75 Å². The third kappa shape index (κ3) is 5.62. The van der Waals surface area contributed by atoms with Gasteiger partial charge in [0.15, 0.2) is 0 Å². The molecule has 1 amide bonds. The highest BCUT2D eigenvalue weighted by Gasteiger charge is 2.29. The summed E-state index contributed by atoms with van der Waals surface area (Å²) in [5.74, 6) is -0.305. The summed E-state index contributed by atoms with van der Waals surface area (Å²) in [6.07, 6.45) is 1.42. The zero-order valence-corrected chi connectivity index (χ0v) is 18.2. The number of methoxy groups -OCH3 is 1. The third-order valence-corrected chi connectivity index (χ3v) is 6.23. The lowest BCUT2D eigenvalue weighted by atomic mass is 10.2. The van der Waals surface area contributed by atoms with Crippen LogP contribution in [0.15, 0.2) is 88.9 Å². The van der Waals surface area contributed by atoms with E-state index in [2.05, 4.69) is 10.5 Å². The van der Waals surface area contributed by atoms with Crippen molar-refractivity contribution in [3.05, 3.63) is 89.4 Å². The third-order valence-electron chi connectivity index (χ3n) is 4.22. The van der Waals surface area contributed by atoms with Crippen LogP contribution >= 0.6 is 11.6 Å². The second kappa shape index (κ2) is 10.1. The highest BCUT2D eigenvalue weighted by molar-refractivity contribution is 7.92. The van der Waals surface area contributed by atoms with Crippen molar-refractivity contribution in [2.24, 2.45) is 5.10 Å². The molecule has 31 heavy (non-hydrogen) atoms. The van der Waals surface area contributed by atoms with E-state index in [9.17, 15) is 13.2 Å². The van der Waals surface area contributed by atoms with Crippen molar-refractivity contribution in [2.45, 2.75) is 4.90 Å². The van der Waals surface area contributed by atoms with E-state index in [1.165, 1.54) is 25.5 Å². The Hall–Kier alpha value is -3.36. The Kier molecular flexibility index (Phi) is 7.28. The molecule has 3 rings (SSSR count). The molecule has 0 aliphatic carbocycles. The number of nitrogens with one attached hydrogen (secondary N) is 1. The van der Waals surface area contributed by atoms with E-state index in [0.717, 1.165) is 4.31 Å². The number of ether oxygens (including phenoxy) is 1. The van der Waals surface area contributed by atoms with E-state index in [4.69, 9.17) is 16.3 Å². The van der Waals surface area contributed by atoms with E-state index in [0.29, 0.717) is 16.3 Å². The average molecular weight is 458 g/mol. The molecule has 0 spiro atoms. The molecule has 9 heteroatoms. The van der Waals surface area contributed by atoms with Gasteiger partial charge in [0.2, 0.25) is 0 Å². The van der Waals surface area contributed by atoms with Crippen LogP contribution in [0.25, 0.3) is 0 Å².